The van der Waals surface area contributed by atoms with E-state index in [4.69, 9.17) is 5.73 Å². The van der Waals surface area contributed by atoms with Gasteiger partial charge in [-0.15, -0.1) is 0 Å². The second-order valence-electron chi connectivity index (χ2n) is 3.08. The van der Waals surface area contributed by atoms with Crippen molar-refractivity contribution in [3.8, 4) is 0 Å². The molecule has 2 N–H and O–H groups in total. The quantitative estimate of drug-likeness (QED) is 0.825. The van der Waals surface area contributed by atoms with Crippen molar-refractivity contribution < 1.29 is 22.7 Å². The van der Waals surface area contributed by atoms with Gasteiger partial charge in [0.15, 0.2) is 5.82 Å². The average molecular weight is 248 g/mol. The molecule has 0 fully saturated rings. The zero-order valence-corrected chi connectivity index (χ0v) is 9.04. The molecule has 0 amide bonds. The Kier molecular flexibility index (Phi) is 4.45. The van der Waals surface area contributed by atoms with Crippen LogP contribution in [0.1, 0.15) is 35.1 Å². The van der Waals surface area contributed by atoms with Crippen LogP contribution < -0.4 is 5.73 Å². The van der Waals surface area contributed by atoms with E-state index in [2.05, 4.69) is 9.72 Å². The van der Waals surface area contributed by atoms with E-state index in [0.29, 0.717) is 6.07 Å². The van der Waals surface area contributed by atoms with Gasteiger partial charge in [-0.25, -0.2) is 22.9 Å². The Bertz CT molecular complexity index is 424. The lowest BCUT2D eigenvalue weighted by Crippen LogP contribution is -2.14. The van der Waals surface area contributed by atoms with E-state index >= 15 is 0 Å². The topological polar surface area (TPSA) is 65.2 Å². The predicted octanol–water partition coefficient (Wildman–Crippen LogP) is 1.79. The molecule has 0 atom stereocenters. The number of nitrogens with two attached hydrogens (primary N) is 1. The second-order valence-corrected chi connectivity index (χ2v) is 3.08. The maximum absolute atomic E-state index is 13.6. The Labute approximate surface area is 95.6 Å². The third-order valence-corrected chi connectivity index (χ3v) is 1.96. The Hall–Kier alpha value is -1.63. The van der Waals surface area contributed by atoms with E-state index in [0.717, 1.165) is 0 Å². The lowest BCUT2D eigenvalue weighted by Gasteiger charge is -2.08. The first-order valence-corrected chi connectivity index (χ1v) is 4.85. The maximum atomic E-state index is 13.6. The Balaban J connectivity index is 3.27. The lowest BCUT2D eigenvalue weighted by atomic mass is 10.1. The molecule has 0 aliphatic rings. The minimum atomic E-state index is -2.91. The number of hydrogen-bond acceptors (Lipinski definition) is 4. The van der Waals surface area contributed by atoms with Gasteiger partial charge in [0.1, 0.15) is 5.69 Å². The van der Waals surface area contributed by atoms with Crippen LogP contribution in [0.3, 0.4) is 0 Å². The molecule has 1 aromatic heterocycles. The summed E-state index contributed by atoms with van der Waals surface area (Å²) < 4.78 is 43.1. The largest absolute Gasteiger partial charge is 0.462 e. The number of carbonyl (C=O) groups is 1. The minimum Gasteiger partial charge on any atom is -0.462 e. The van der Waals surface area contributed by atoms with Gasteiger partial charge in [0, 0.05) is 6.54 Å². The molecular weight excluding hydrogens is 237 g/mol. The molecule has 0 saturated carbocycles. The predicted molar refractivity (Wildman–Crippen MR) is 53.0 cm³/mol. The summed E-state index contributed by atoms with van der Waals surface area (Å²) in [4.78, 5) is 14.7. The molecule has 4 nitrogen and oxygen atoms in total. The zero-order valence-electron chi connectivity index (χ0n) is 9.04. The second kappa shape index (κ2) is 5.62. The van der Waals surface area contributed by atoms with Crippen LogP contribution in [0.5, 0.6) is 0 Å². The van der Waals surface area contributed by atoms with Gasteiger partial charge in [-0.1, -0.05) is 0 Å². The molecule has 0 bridgehead atoms. The van der Waals surface area contributed by atoms with Crippen LogP contribution in [0.15, 0.2) is 6.07 Å². The van der Waals surface area contributed by atoms with Crippen molar-refractivity contribution in [2.24, 2.45) is 5.73 Å². The molecule has 94 valence electrons. The number of ether oxygens (including phenoxy) is 1. The summed E-state index contributed by atoms with van der Waals surface area (Å²) in [5.41, 5.74) is 3.51. The fourth-order valence-corrected chi connectivity index (χ4v) is 1.21. The number of pyridine rings is 1. The monoisotopic (exact) mass is 248 g/mol. The van der Waals surface area contributed by atoms with Gasteiger partial charge >= 0.3 is 5.97 Å². The normalized spacial score (nSPS) is 10.7. The summed E-state index contributed by atoms with van der Waals surface area (Å²) in [6, 6.07) is 0.678. The SMILES string of the molecule is CCOC(=O)c1cc(C(F)F)nc(CN)c1F. The zero-order chi connectivity index (χ0) is 13.0. The first-order valence-electron chi connectivity index (χ1n) is 4.85. The highest BCUT2D eigenvalue weighted by molar-refractivity contribution is 5.90. The van der Waals surface area contributed by atoms with Crippen LogP contribution >= 0.6 is 0 Å². The van der Waals surface area contributed by atoms with Gasteiger partial charge in [0.25, 0.3) is 6.43 Å². The molecule has 0 radical (unpaired) electrons. The fraction of sp³-hybridized carbons (Fsp3) is 0.400. The Morgan fingerprint density at radius 1 is 1.59 bits per heavy atom. The first-order chi connectivity index (χ1) is 8.01. The van der Waals surface area contributed by atoms with E-state index < -0.39 is 29.5 Å². The number of rotatable bonds is 4. The standard InChI is InChI=1S/C10H11F3N2O2/c1-2-17-10(16)5-3-6(9(12)13)15-7(4-14)8(5)11/h3,9H,2,4,14H2,1H3. The highest BCUT2D eigenvalue weighted by Gasteiger charge is 2.21. The van der Waals surface area contributed by atoms with E-state index in [9.17, 15) is 18.0 Å². The maximum Gasteiger partial charge on any atom is 0.341 e. The van der Waals surface area contributed by atoms with Crippen LogP contribution in [-0.2, 0) is 11.3 Å². The van der Waals surface area contributed by atoms with E-state index in [1.807, 2.05) is 0 Å². The first kappa shape index (κ1) is 13.4. The van der Waals surface area contributed by atoms with Gasteiger partial charge in [0.05, 0.1) is 17.9 Å². The summed E-state index contributed by atoms with van der Waals surface area (Å²) in [6.07, 6.45) is -2.91. The molecular formula is C10H11F3N2O2. The number of alkyl halides is 2. The Morgan fingerprint density at radius 3 is 2.71 bits per heavy atom. The van der Waals surface area contributed by atoms with Crippen molar-refractivity contribution >= 4 is 5.97 Å². The summed E-state index contributed by atoms with van der Waals surface area (Å²) in [5, 5.41) is 0. The van der Waals surface area contributed by atoms with Crippen molar-refractivity contribution in [1.82, 2.24) is 4.98 Å². The van der Waals surface area contributed by atoms with Crippen LogP contribution in [0.4, 0.5) is 13.2 Å². The van der Waals surface area contributed by atoms with Crippen LogP contribution in [0, 0.1) is 5.82 Å². The molecule has 0 spiro atoms. The summed E-state index contributed by atoms with van der Waals surface area (Å²) in [7, 11) is 0. The molecule has 1 aromatic rings. The summed E-state index contributed by atoms with van der Waals surface area (Å²) in [5.74, 6) is -2.03. The van der Waals surface area contributed by atoms with Gasteiger partial charge < -0.3 is 10.5 Å². The van der Waals surface area contributed by atoms with E-state index in [-0.39, 0.29) is 18.8 Å². The summed E-state index contributed by atoms with van der Waals surface area (Å²) in [6.45, 7) is 1.16. The molecule has 0 aliphatic heterocycles. The Morgan fingerprint density at radius 2 is 2.24 bits per heavy atom. The molecule has 0 aliphatic carbocycles. The van der Waals surface area contributed by atoms with Crippen molar-refractivity contribution in [3.63, 3.8) is 0 Å². The highest BCUT2D eigenvalue weighted by Crippen LogP contribution is 2.21. The van der Waals surface area contributed by atoms with E-state index in [1.165, 1.54) is 6.92 Å². The van der Waals surface area contributed by atoms with Crippen LogP contribution in [-0.4, -0.2) is 17.6 Å². The number of esters is 1. The van der Waals surface area contributed by atoms with Crippen molar-refractivity contribution in [1.29, 1.82) is 0 Å². The fourth-order valence-electron chi connectivity index (χ4n) is 1.21. The molecule has 1 rings (SSSR count). The molecule has 1 heterocycles. The molecule has 7 heteroatoms. The third kappa shape index (κ3) is 2.94. The van der Waals surface area contributed by atoms with Crippen molar-refractivity contribution in [2.45, 2.75) is 19.9 Å². The smallest absolute Gasteiger partial charge is 0.341 e. The number of halogens is 3. The molecule has 0 unspecified atom stereocenters. The lowest BCUT2D eigenvalue weighted by molar-refractivity contribution is 0.0519. The van der Waals surface area contributed by atoms with Gasteiger partial charge in [0.2, 0.25) is 0 Å². The van der Waals surface area contributed by atoms with E-state index in [1.54, 1.807) is 0 Å². The number of aromatic nitrogens is 1. The molecule has 0 aromatic carbocycles. The van der Waals surface area contributed by atoms with Crippen molar-refractivity contribution in [2.75, 3.05) is 6.61 Å². The summed E-state index contributed by atoms with van der Waals surface area (Å²) >= 11 is 0. The highest BCUT2D eigenvalue weighted by atomic mass is 19.3. The molecule has 17 heavy (non-hydrogen) atoms. The van der Waals surface area contributed by atoms with Crippen molar-refractivity contribution in [3.05, 3.63) is 28.8 Å². The van der Waals surface area contributed by atoms with Crippen LogP contribution in [0.25, 0.3) is 0 Å². The van der Waals surface area contributed by atoms with Crippen LogP contribution in [0.2, 0.25) is 0 Å². The molecule has 0 saturated heterocycles. The van der Waals surface area contributed by atoms with Gasteiger partial charge in [-0.2, -0.15) is 0 Å². The number of carbonyl (C=O) groups excluding carboxylic acids is 1. The van der Waals surface area contributed by atoms with Gasteiger partial charge in [-0.3, -0.25) is 0 Å². The number of nitrogens with zero attached hydrogens (tertiary/aromatic N) is 1. The number of hydrogen-bond donors (Lipinski definition) is 1. The minimum absolute atomic E-state index is 0.0164. The third-order valence-electron chi connectivity index (χ3n) is 1.96. The average Bonchev–Trinajstić information content (AvgIpc) is 2.29. The van der Waals surface area contributed by atoms with Gasteiger partial charge in [-0.05, 0) is 13.0 Å².